The van der Waals surface area contributed by atoms with Crippen LogP contribution in [0.15, 0.2) is 42.5 Å². The number of hydrogen-bond acceptors (Lipinski definition) is 7. The minimum atomic E-state index is -4.32. The Morgan fingerprint density at radius 3 is 2.34 bits per heavy atom. The summed E-state index contributed by atoms with van der Waals surface area (Å²) in [4.78, 5) is 9.24. The van der Waals surface area contributed by atoms with Gasteiger partial charge in [-0.25, -0.2) is 4.98 Å². The van der Waals surface area contributed by atoms with Crippen LogP contribution in [0.4, 0.5) is 13.2 Å². The number of ether oxygens (including phenoxy) is 2. The Morgan fingerprint density at radius 1 is 0.921 bits per heavy atom. The van der Waals surface area contributed by atoms with Crippen LogP contribution < -0.4 is 9.47 Å². The fraction of sp³-hybridized carbons (Fsp3) is 0.536. The zero-order chi connectivity index (χ0) is 27.0. The van der Waals surface area contributed by atoms with Crippen molar-refractivity contribution in [3.8, 4) is 11.5 Å². The van der Waals surface area contributed by atoms with Gasteiger partial charge in [0, 0.05) is 38.8 Å². The van der Waals surface area contributed by atoms with E-state index in [1.54, 1.807) is 11.3 Å². The molecule has 1 fully saturated rings. The molecule has 0 amide bonds. The zero-order valence-corrected chi connectivity index (χ0v) is 22.6. The second-order valence-corrected chi connectivity index (χ2v) is 11.0. The van der Waals surface area contributed by atoms with E-state index in [1.165, 1.54) is 12.1 Å². The number of fused-ring (bicyclic) bond motifs is 1. The molecule has 1 N–H and O–H groups in total. The number of nitrogens with zero attached hydrogens (tertiary/aromatic N) is 3. The number of halogens is 3. The molecular weight excluding hydrogens is 515 g/mol. The Bertz CT molecular complexity index is 1130. The number of aryl methyl sites for hydroxylation is 1. The molecule has 0 radical (unpaired) electrons. The summed E-state index contributed by atoms with van der Waals surface area (Å²) in [7, 11) is 0. The molecule has 0 aliphatic carbocycles. The first-order valence-electron chi connectivity index (χ1n) is 13.2. The first kappa shape index (κ1) is 28.6. The third-order valence-corrected chi connectivity index (χ3v) is 7.61. The normalized spacial score (nSPS) is 16.1. The molecule has 1 atom stereocenters. The van der Waals surface area contributed by atoms with E-state index in [0.717, 1.165) is 91.5 Å². The highest BCUT2D eigenvalue weighted by molar-refractivity contribution is 7.18. The maximum atomic E-state index is 12.6. The summed E-state index contributed by atoms with van der Waals surface area (Å²) in [6.45, 7) is 8.26. The molecule has 2 aromatic carbocycles. The van der Waals surface area contributed by atoms with Crippen molar-refractivity contribution in [2.24, 2.45) is 0 Å². The van der Waals surface area contributed by atoms with Gasteiger partial charge >= 0.3 is 6.18 Å². The van der Waals surface area contributed by atoms with Crippen molar-refractivity contribution >= 4 is 21.6 Å². The van der Waals surface area contributed by atoms with Gasteiger partial charge in [-0.1, -0.05) is 12.8 Å². The predicted molar refractivity (Wildman–Crippen MR) is 144 cm³/mol. The van der Waals surface area contributed by atoms with Gasteiger partial charge in [0.2, 0.25) is 0 Å². The van der Waals surface area contributed by atoms with Crippen LogP contribution in [0.25, 0.3) is 10.2 Å². The molecule has 4 rings (SSSR count). The van der Waals surface area contributed by atoms with Crippen molar-refractivity contribution in [2.45, 2.75) is 44.9 Å². The number of thiazole rings is 1. The van der Waals surface area contributed by atoms with Gasteiger partial charge in [0.15, 0.2) is 0 Å². The Labute approximate surface area is 226 Å². The molecule has 1 saturated heterocycles. The minimum absolute atomic E-state index is 0.261. The molecule has 10 heteroatoms. The first-order valence-corrected chi connectivity index (χ1v) is 14.0. The third kappa shape index (κ3) is 8.83. The summed E-state index contributed by atoms with van der Waals surface area (Å²) in [6, 6.07) is 10.7. The molecule has 2 heterocycles. The quantitative estimate of drug-likeness (QED) is 0.278. The van der Waals surface area contributed by atoms with Gasteiger partial charge in [0.1, 0.15) is 24.2 Å². The van der Waals surface area contributed by atoms with E-state index >= 15 is 0 Å². The molecule has 1 aliphatic heterocycles. The van der Waals surface area contributed by atoms with E-state index in [-0.39, 0.29) is 6.61 Å². The van der Waals surface area contributed by atoms with Crippen molar-refractivity contribution in [2.75, 3.05) is 52.5 Å². The zero-order valence-electron chi connectivity index (χ0n) is 21.8. The number of alkyl halides is 3. The van der Waals surface area contributed by atoms with Gasteiger partial charge in [0.25, 0.3) is 0 Å². The van der Waals surface area contributed by atoms with Gasteiger partial charge in [0.05, 0.1) is 27.4 Å². The van der Waals surface area contributed by atoms with Crippen LogP contribution in [0.2, 0.25) is 0 Å². The smallest absolute Gasteiger partial charge is 0.416 e. The monoisotopic (exact) mass is 551 g/mol. The van der Waals surface area contributed by atoms with Crippen molar-refractivity contribution in [3.63, 3.8) is 0 Å². The van der Waals surface area contributed by atoms with E-state index in [1.807, 2.05) is 25.1 Å². The lowest BCUT2D eigenvalue weighted by Gasteiger charge is -2.35. The first-order chi connectivity index (χ1) is 18.3. The van der Waals surface area contributed by atoms with E-state index in [0.29, 0.717) is 18.9 Å². The number of unbranched alkanes of at least 4 members (excludes halogenated alkanes) is 3. The maximum absolute atomic E-state index is 12.6. The second kappa shape index (κ2) is 13.6. The largest absolute Gasteiger partial charge is 0.494 e. The van der Waals surface area contributed by atoms with E-state index < -0.39 is 17.8 Å². The Kier molecular flexibility index (Phi) is 10.2. The average molecular weight is 552 g/mol. The van der Waals surface area contributed by atoms with Crippen molar-refractivity contribution in [3.05, 3.63) is 53.0 Å². The van der Waals surface area contributed by atoms with Crippen molar-refractivity contribution < 1.29 is 27.8 Å². The van der Waals surface area contributed by atoms with Crippen molar-refractivity contribution in [1.29, 1.82) is 0 Å². The molecule has 0 bridgehead atoms. The third-order valence-electron chi connectivity index (χ3n) is 6.66. The van der Waals surface area contributed by atoms with Gasteiger partial charge in [-0.3, -0.25) is 4.90 Å². The van der Waals surface area contributed by atoms with Gasteiger partial charge in [-0.2, -0.15) is 13.2 Å². The lowest BCUT2D eigenvalue weighted by molar-refractivity contribution is -0.137. The summed E-state index contributed by atoms with van der Waals surface area (Å²) in [5.74, 6) is 1.21. The van der Waals surface area contributed by atoms with Crippen LogP contribution in [0.3, 0.4) is 0 Å². The molecular formula is C28H36F3N3O3S. The van der Waals surface area contributed by atoms with Crippen LogP contribution in [-0.4, -0.2) is 78.5 Å². The maximum Gasteiger partial charge on any atom is 0.416 e. The van der Waals surface area contributed by atoms with Crippen molar-refractivity contribution in [1.82, 2.24) is 14.8 Å². The molecule has 0 spiro atoms. The lowest BCUT2D eigenvalue weighted by Crippen LogP contribution is -2.49. The van der Waals surface area contributed by atoms with E-state index in [4.69, 9.17) is 9.47 Å². The molecule has 1 aliphatic rings. The molecule has 0 unspecified atom stereocenters. The highest BCUT2D eigenvalue weighted by Crippen LogP contribution is 2.30. The number of aliphatic hydroxyl groups excluding tert-OH is 1. The lowest BCUT2D eigenvalue weighted by atomic mass is 10.2. The summed E-state index contributed by atoms with van der Waals surface area (Å²) in [5.41, 5.74) is 0.272. The van der Waals surface area contributed by atoms with Crippen LogP contribution >= 0.6 is 11.3 Å². The Hall–Kier alpha value is -2.40. The van der Waals surface area contributed by atoms with Crippen LogP contribution in [0.1, 0.15) is 36.3 Å². The highest BCUT2D eigenvalue weighted by atomic mass is 32.1. The van der Waals surface area contributed by atoms with E-state index in [9.17, 15) is 18.3 Å². The van der Waals surface area contributed by atoms with E-state index in [2.05, 4.69) is 14.8 Å². The SMILES string of the molecule is Cc1nc2cc(OC[C@H](O)CN3CCN(CCCCCCOc4ccc(C(F)(F)F)cc4)CC3)ccc2s1. The predicted octanol–water partition coefficient (Wildman–Crippen LogP) is 5.62. The second-order valence-electron chi connectivity index (χ2n) is 9.75. The number of β-amino-alcohol motifs (C(OH)–C–C–N with tert-alkyl or cyclic N) is 1. The molecule has 38 heavy (non-hydrogen) atoms. The van der Waals surface area contributed by atoms with Crippen LogP contribution in [0.5, 0.6) is 11.5 Å². The van der Waals surface area contributed by atoms with Gasteiger partial charge in [-0.15, -0.1) is 11.3 Å². The summed E-state index contributed by atoms with van der Waals surface area (Å²) < 4.78 is 50.3. The molecule has 3 aromatic rings. The van der Waals surface area contributed by atoms with Gasteiger partial charge in [-0.05, 0) is 62.7 Å². The Balaban J connectivity index is 1.02. The number of piperazine rings is 1. The molecule has 6 nitrogen and oxygen atoms in total. The molecule has 208 valence electrons. The Morgan fingerprint density at radius 2 is 1.61 bits per heavy atom. The molecule has 0 saturated carbocycles. The highest BCUT2D eigenvalue weighted by Gasteiger charge is 2.30. The van der Waals surface area contributed by atoms with Crippen LogP contribution in [0, 0.1) is 6.92 Å². The van der Waals surface area contributed by atoms with Crippen LogP contribution in [-0.2, 0) is 6.18 Å². The summed E-state index contributed by atoms with van der Waals surface area (Å²) in [5, 5.41) is 11.5. The molecule has 1 aromatic heterocycles. The number of hydrogen-bond donors (Lipinski definition) is 1. The number of benzene rings is 2. The number of aliphatic hydroxyl groups is 1. The number of rotatable bonds is 13. The fourth-order valence-corrected chi connectivity index (χ4v) is 5.38. The average Bonchev–Trinajstić information content (AvgIpc) is 3.27. The summed E-state index contributed by atoms with van der Waals surface area (Å²) in [6.07, 6.45) is -0.745. The topological polar surface area (TPSA) is 58.1 Å². The number of aromatic nitrogens is 1. The fourth-order valence-electron chi connectivity index (χ4n) is 4.57. The van der Waals surface area contributed by atoms with Gasteiger partial charge < -0.3 is 19.5 Å². The standard InChI is InChI=1S/C28H36F3N3O3S/c1-21-32-26-18-25(10-11-27(26)38-21)37-20-23(35)19-34-15-13-33(14-16-34)12-4-2-3-5-17-36-24-8-6-22(7-9-24)28(29,30)31/h6-11,18,23,35H,2-5,12-17,19-20H2,1H3/t23-/m1/s1. The summed E-state index contributed by atoms with van der Waals surface area (Å²) >= 11 is 1.66. The minimum Gasteiger partial charge on any atom is -0.494 e.